The second-order valence-corrected chi connectivity index (χ2v) is 6.11. The van der Waals surface area contributed by atoms with E-state index < -0.39 is 0 Å². The van der Waals surface area contributed by atoms with E-state index in [0.717, 1.165) is 16.9 Å². The molecule has 6 heteroatoms. The Labute approximate surface area is 141 Å². The van der Waals surface area contributed by atoms with E-state index in [1.807, 2.05) is 50.4 Å². The minimum atomic E-state index is -0.238. The zero-order valence-electron chi connectivity index (χ0n) is 14.3. The average molecular weight is 323 g/mol. The molecule has 0 bridgehead atoms. The first-order valence-electron chi connectivity index (χ1n) is 7.92. The summed E-state index contributed by atoms with van der Waals surface area (Å²) in [6.07, 6.45) is 1.74. The average Bonchev–Trinajstić information content (AvgIpc) is 3.12. The number of nitrogens with one attached hydrogen (secondary N) is 1. The minimum Gasteiger partial charge on any atom is -0.305 e. The van der Waals surface area contributed by atoms with Gasteiger partial charge in [-0.1, -0.05) is 32.0 Å². The first kappa shape index (κ1) is 16.0. The van der Waals surface area contributed by atoms with Crippen molar-refractivity contribution in [1.29, 1.82) is 0 Å². The van der Waals surface area contributed by atoms with Crippen molar-refractivity contribution >= 4 is 11.7 Å². The predicted molar refractivity (Wildman–Crippen MR) is 93.6 cm³/mol. The van der Waals surface area contributed by atoms with E-state index in [1.165, 1.54) is 0 Å². The third kappa shape index (κ3) is 2.95. The monoisotopic (exact) mass is 323 g/mol. The summed E-state index contributed by atoms with van der Waals surface area (Å²) in [6.45, 7) is 6.07. The molecule has 6 nitrogen and oxygen atoms in total. The SMILES string of the molecule is Cc1cnn(-c2ccccc2)c1NC(=O)c1cc(C(C)C)n(C)n1. The third-order valence-corrected chi connectivity index (χ3v) is 3.93. The van der Waals surface area contributed by atoms with Crippen LogP contribution in [0.3, 0.4) is 0 Å². The minimum absolute atomic E-state index is 0.238. The highest BCUT2D eigenvalue weighted by atomic mass is 16.2. The lowest BCUT2D eigenvalue weighted by molar-refractivity contribution is 0.102. The number of benzene rings is 1. The zero-order chi connectivity index (χ0) is 17.3. The fourth-order valence-electron chi connectivity index (χ4n) is 2.65. The van der Waals surface area contributed by atoms with E-state index >= 15 is 0 Å². The number of anilines is 1. The molecule has 1 amide bonds. The lowest BCUT2D eigenvalue weighted by atomic mass is 10.1. The second kappa shape index (κ2) is 6.31. The van der Waals surface area contributed by atoms with Gasteiger partial charge < -0.3 is 5.32 Å². The smallest absolute Gasteiger partial charge is 0.277 e. The molecular weight excluding hydrogens is 302 g/mol. The summed E-state index contributed by atoms with van der Waals surface area (Å²) in [6, 6.07) is 11.5. The summed E-state index contributed by atoms with van der Waals surface area (Å²) in [5.74, 6) is 0.724. The van der Waals surface area contributed by atoms with Gasteiger partial charge in [0.15, 0.2) is 5.69 Å². The van der Waals surface area contributed by atoms with Gasteiger partial charge in [0, 0.05) is 18.3 Å². The lowest BCUT2D eigenvalue weighted by Gasteiger charge is -2.09. The van der Waals surface area contributed by atoms with Crippen LogP contribution in [0.25, 0.3) is 5.69 Å². The third-order valence-electron chi connectivity index (χ3n) is 3.93. The summed E-state index contributed by atoms with van der Waals surface area (Å²) >= 11 is 0. The molecular formula is C18H21N5O. The Morgan fingerprint density at radius 3 is 2.54 bits per heavy atom. The van der Waals surface area contributed by atoms with Crippen molar-refractivity contribution in [2.75, 3.05) is 5.32 Å². The zero-order valence-corrected chi connectivity index (χ0v) is 14.3. The maximum absolute atomic E-state index is 12.6. The number of carbonyl (C=O) groups is 1. The van der Waals surface area contributed by atoms with Crippen LogP contribution in [0.2, 0.25) is 0 Å². The Morgan fingerprint density at radius 1 is 1.21 bits per heavy atom. The topological polar surface area (TPSA) is 64.7 Å². The summed E-state index contributed by atoms with van der Waals surface area (Å²) < 4.78 is 3.47. The number of rotatable bonds is 4. The van der Waals surface area contributed by atoms with Crippen LogP contribution in [-0.4, -0.2) is 25.5 Å². The number of hydrogen-bond acceptors (Lipinski definition) is 3. The number of carbonyl (C=O) groups excluding carboxylic acids is 1. The Morgan fingerprint density at radius 2 is 1.92 bits per heavy atom. The van der Waals surface area contributed by atoms with Crippen LogP contribution in [0.1, 0.15) is 41.5 Å². The molecule has 1 aromatic carbocycles. The first-order chi connectivity index (χ1) is 11.5. The number of para-hydroxylation sites is 1. The highest BCUT2D eigenvalue weighted by Crippen LogP contribution is 2.21. The molecule has 2 aromatic heterocycles. The van der Waals surface area contributed by atoms with E-state index in [-0.39, 0.29) is 5.91 Å². The van der Waals surface area contributed by atoms with Gasteiger partial charge in [0.2, 0.25) is 0 Å². The highest BCUT2D eigenvalue weighted by Gasteiger charge is 2.18. The van der Waals surface area contributed by atoms with Crippen molar-refractivity contribution in [2.24, 2.45) is 7.05 Å². The van der Waals surface area contributed by atoms with Crippen molar-refractivity contribution in [3.8, 4) is 5.69 Å². The number of hydrogen-bond donors (Lipinski definition) is 1. The summed E-state index contributed by atoms with van der Waals surface area (Å²) in [4.78, 5) is 12.6. The van der Waals surface area contributed by atoms with Crippen LogP contribution in [-0.2, 0) is 7.05 Å². The molecule has 3 rings (SSSR count). The molecule has 2 heterocycles. The molecule has 3 aromatic rings. The standard InChI is InChI=1S/C18H21N5O/c1-12(2)16-10-15(21-22(16)4)18(24)20-17-13(3)11-19-23(17)14-8-6-5-7-9-14/h5-12H,1-4H3,(H,20,24). The molecule has 124 valence electrons. The van der Waals surface area contributed by atoms with Crippen molar-refractivity contribution in [1.82, 2.24) is 19.6 Å². The van der Waals surface area contributed by atoms with Crippen LogP contribution in [0, 0.1) is 6.92 Å². The molecule has 0 unspecified atom stereocenters. The van der Waals surface area contributed by atoms with Gasteiger partial charge in [0.25, 0.3) is 5.91 Å². The van der Waals surface area contributed by atoms with Crippen molar-refractivity contribution in [3.05, 3.63) is 59.5 Å². The van der Waals surface area contributed by atoms with Crippen LogP contribution >= 0.6 is 0 Å². The summed E-state index contributed by atoms with van der Waals surface area (Å²) in [5.41, 5.74) is 3.21. The van der Waals surface area contributed by atoms with Crippen LogP contribution in [0.5, 0.6) is 0 Å². The fraction of sp³-hybridized carbons (Fsp3) is 0.278. The fourth-order valence-corrected chi connectivity index (χ4v) is 2.65. The summed E-state index contributed by atoms with van der Waals surface area (Å²) in [5, 5.41) is 11.6. The van der Waals surface area contributed by atoms with E-state index in [4.69, 9.17) is 0 Å². The molecule has 0 aliphatic carbocycles. The predicted octanol–water partition coefficient (Wildman–Crippen LogP) is 3.29. The molecule has 1 N–H and O–H groups in total. The molecule has 0 atom stereocenters. The second-order valence-electron chi connectivity index (χ2n) is 6.11. The highest BCUT2D eigenvalue weighted by molar-refractivity contribution is 6.03. The van der Waals surface area contributed by atoms with E-state index in [2.05, 4.69) is 29.4 Å². The first-order valence-corrected chi connectivity index (χ1v) is 7.92. The number of aromatic nitrogens is 4. The molecule has 24 heavy (non-hydrogen) atoms. The van der Waals surface area contributed by atoms with Gasteiger partial charge >= 0.3 is 0 Å². The largest absolute Gasteiger partial charge is 0.305 e. The van der Waals surface area contributed by atoms with Gasteiger partial charge in [-0.2, -0.15) is 10.2 Å². The van der Waals surface area contributed by atoms with Crippen LogP contribution in [0.15, 0.2) is 42.6 Å². The number of nitrogens with zero attached hydrogens (tertiary/aromatic N) is 4. The molecule has 0 saturated carbocycles. The number of amides is 1. The summed E-state index contributed by atoms with van der Waals surface area (Å²) in [7, 11) is 1.85. The van der Waals surface area contributed by atoms with E-state index in [9.17, 15) is 4.79 Å². The van der Waals surface area contributed by atoms with Gasteiger partial charge in [0.05, 0.1) is 11.9 Å². The van der Waals surface area contributed by atoms with Crippen molar-refractivity contribution < 1.29 is 4.79 Å². The van der Waals surface area contributed by atoms with Gasteiger partial charge in [-0.25, -0.2) is 4.68 Å². The Kier molecular flexibility index (Phi) is 4.20. The van der Waals surface area contributed by atoms with Gasteiger partial charge in [-0.15, -0.1) is 0 Å². The normalized spacial score (nSPS) is 11.0. The van der Waals surface area contributed by atoms with Crippen LogP contribution < -0.4 is 5.32 Å². The maximum atomic E-state index is 12.6. The molecule has 0 aliphatic rings. The maximum Gasteiger partial charge on any atom is 0.277 e. The molecule has 0 aliphatic heterocycles. The molecule has 0 radical (unpaired) electrons. The van der Waals surface area contributed by atoms with E-state index in [0.29, 0.717) is 17.4 Å². The number of aryl methyl sites for hydroxylation is 2. The molecule has 0 fully saturated rings. The Hall–Kier alpha value is -2.89. The lowest BCUT2D eigenvalue weighted by Crippen LogP contribution is -2.16. The van der Waals surface area contributed by atoms with Gasteiger partial charge in [0.1, 0.15) is 5.82 Å². The van der Waals surface area contributed by atoms with E-state index in [1.54, 1.807) is 15.6 Å². The van der Waals surface area contributed by atoms with Crippen molar-refractivity contribution in [3.63, 3.8) is 0 Å². The van der Waals surface area contributed by atoms with Gasteiger partial charge in [-0.05, 0) is 31.0 Å². The van der Waals surface area contributed by atoms with Crippen LogP contribution in [0.4, 0.5) is 5.82 Å². The Bertz CT molecular complexity index is 861. The Balaban J connectivity index is 1.90. The van der Waals surface area contributed by atoms with Crippen molar-refractivity contribution in [2.45, 2.75) is 26.7 Å². The molecule has 0 spiro atoms. The molecule has 0 saturated heterocycles. The quantitative estimate of drug-likeness (QED) is 0.801. The van der Waals surface area contributed by atoms with Gasteiger partial charge in [-0.3, -0.25) is 9.48 Å².